The number of carbonyl (C=O) groups is 4. The third-order valence-corrected chi connectivity index (χ3v) is 6.55. The van der Waals surface area contributed by atoms with Gasteiger partial charge < -0.3 is 21.3 Å². The number of nitrogens with zero attached hydrogens (tertiary/aromatic N) is 1. The molecule has 0 aromatic heterocycles. The normalized spacial score (nSPS) is 12.9. The van der Waals surface area contributed by atoms with E-state index in [1.807, 2.05) is 86.6 Å². The van der Waals surface area contributed by atoms with Gasteiger partial charge in [-0.15, -0.1) is 0 Å². The van der Waals surface area contributed by atoms with Crippen LogP contribution in [0.3, 0.4) is 0 Å². The molecule has 0 radical (unpaired) electrons. The highest BCUT2D eigenvalue weighted by atomic mass is 16.2. The smallest absolute Gasteiger partial charge is 0.248 e. The number of hydrogen-bond donors (Lipinski definition) is 4. The summed E-state index contributed by atoms with van der Waals surface area (Å²) >= 11 is 0. The molecule has 0 saturated heterocycles. The number of aldehydes is 1. The summed E-state index contributed by atoms with van der Waals surface area (Å²) in [7, 11) is 1.48. The molecule has 2 unspecified atom stereocenters. The van der Waals surface area contributed by atoms with Gasteiger partial charge >= 0.3 is 0 Å². The molecule has 3 aromatic rings. The van der Waals surface area contributed by atoms with Crippen molar-refractivity contribution in [2.24, 2.45) is 5.73 Å². The standard InChI is InChI=1S/C32H37N5O4/c1-32(2,34)17-9-14-29(39)35-26(19-23-15-16-24-12-7-8-13-25(24)18-23)31(41)37(3)27(30(40)36-28(33)21-38)20-22-10-5-4-6-11-22/h4-16,18,21,26-27H,17,19-20,34H2,1-3H3,(H,35,39)(H2,33,36,40)/b14-9+. The zero-order chi connectivity index (χ0) is 30.0. The average Bonchev–Trinajstić information content (AvgIpc) is 2.94. The molecular weight excluding hydrogens is 518 g/mol. The highest BCUT2D eigenvalue weighted by molar-refractivity contribution is 6.29. The van der Waals surface area contributed by atoms with Crippen molar-refractivity contribution in [1.29, 1.82) is 5.41 Å². The van der Waals surface area contributed by atoms with Crippen molar-refractivity contribution in [3.63, 3.8) is 0 Å². The molecule has 9 nitrogen and oxygen atoms in total. The molecule has 3 rings (SSSR count). The first-order chi connectivity index (χ1) is 19.5. The van der Waals surface area contributed by atoms with Crippen molar-refractivity contribution in [3.05, 3.63) is 96.1 Å². The minimum Gasteiger partial charge on any atom is -0.340 e. The fourth-order valence-electron chi connectivity index (χ4n) is 4.38. The van der Waals surface area contributed by atoms with Crippen LogP contribution in [0.5, 0.6) is 0 Å². The number of amidine groups is 1. The molecule has 0 aliphatic rings. The number of hydrogen-bond acceptors (Lipinski definition) is 6. The van der Waals surface area contributed by atoms with Gasteiger partial charge in [-0.2, -0.15) is 0 Å². The predicted octanol–water partition coefficient (Wildman–Crippen LogP) is 2.91. The van der Waals surface area contributed by atoms with E-state index in [2.05, 4.69) is 10.6 Å². The van der Waals surface area contributed by atoms with E-state index in [4.69, 9.17) is 11.1 Å². The molecule has 0 spiro atoms. The van der Waals surface area contributed by atoms with Gasteiger partial charge in [0, 0.05) is 25.4 Å². The molecule has 2 atom stereocenters. The first kappa shape index (κ1) is 30.9. The van der Waals surface area contributed by atoms with Crippen LogP contribution in [0.1, 0.15) is 31.4 Å². The summed E-state index contributed by atoms with van der Waals surface area (Å²) in [6, 6.07) is 20.7. The molecule has 0 saturated carbocycles. The van der Waals surface area contributed by atoms with Crippen LogP contribution in [-0.2, 0) is 32.0 Å². The van der Waals surface area contributed by atoms with Crippen molar-refractivity contribution in [2.45, 2.75) is 50.7 Å². The van der Waals surface area contributed by atoms with Gasteiger partial charge in [0.15, 0.2) is 12.1 Å². The summed E-state index contributed by atoms with van der Waals surface area (Å²) in [5, 5.41) is 14.7. The van der Waals surface area contributed by atoms with Crippen molar-refractivity contribution in [2.75, 3.05) is 7.05 Å². The lowest BCUT2D eigenvalue weighted by molar-refractivity contribution is -0.141. The number of fused-ring (bicyclic) bond motifs is 1. The SMILES string of the molecule is CN(C(=O)C(Cc1ccc2ccccc2c1)NC(=O)/C=C/CC(C)(C)N)C(Cc1ccccc1)C(=O)NC(=N)C=O. The van der Waals surface area contributed by atoms with Gasteiger partial charge in [-0.1, -0.05) is 78.9 Å². The average molecular weight is 556 g/mol. The van der Waals surface area contributed by atoms with Crippen molar-refractivity contribution in [3.8, 4) is 0 Å². The molecule has 0 bridgehead atoms. The van der Waals surface area contributed by atoms with E-state index in [1.165, 1.54) is 18.0 Å². The summed E-state index contributed by atoms with van der Waals surface area (Å²) in [6.07, 6.45) is 4.02. The van der Waals surface area contributed by atoms with Gasteiger partial charge in [-0.25, -0.2) is 0 Å². The van der Waals surface area contributed by atoms with E-state index in [9.17, 15) is 19.2 Å². The zero-order valence-corrected chi connectivity index (χ0v) is 23.6. The fraction of sp³-hybridized carbons (Fsp3) is 0.281. The van der Waals surface area contributed by atoms with Gasteiger partial charge in [0.25, 0.3) is 0 Å². The first-order valence-electron chi connectivity index (χ1n) is 13.4. The fourth-order valence-corrected chi connectivity index (χ4v) is 4.38. The van der Waals surface area contributed by atoms with Crippen molar-refractivity contribution < 1.29 is 19.2 Å². The summed E-state index contributed by atoms with van der Waals surface area (Å²) in [6.45, 7) is 3.69. The Bertz CT molecular complexity index is 1430. The molecule has 0 aliphatic heterocycles. The summed E-state index contributed by atoms with van der Waals surface area (Å²) in [4.78, 5) is 52.2. The number of nitrogens with two attached hydrogens (primary N) is 1. The lowest BCUT2D eigenvalue weighted by Crippen LogP contribution is -2.56. The Labute approximate surface area is 240 Å². The van der Waals surface area contributed by atoms with Crippen LogP contribution in [0, 0.1) is 5.41 Å². The zero-order valence-electron chi connectivity index (χ0n) is 23.6. The van der Waals surface area contributed by atoms with E-state index in [0.29, 0.717) is 6.42 Å². The van der Waals surface area contributed by atoms with E-state index in [1.54, 1.807) is 6.08 Å². The Morgan fingerprint density at radius 2 is 1.61 bits per heavy atom. The molecule has 41 heavy (non-hydrogen) atoms. The Hall–Kier alpha value is -4.63. The highest BCUT2D eigenvalue weighted by Crippen LogP contribution is 2.18. The van der Waals surface area contributed by atoms with E-state index in [-0.39, 0.29) is 19.1 Å². The van der Waals surface area contributed by atoms with Gasteiger partial charge in [-0.3, -0.25) is 24.6 Å². The maximum atomic E-state index is 13.9. The van der Waals surface area contributed by atoms with E-state index < -0.39 is 41.2 Å². The highest BCUT2D eigenvalue weighted by Gasteiger charge is 2.32. The minimum absolute atomic E-state index is 0.142. The lowest BCUT2D eigenvalue weighted by Gasteiger charge is -2.31. The minimum atomic E-state index is -1.05. The second-order valence-electron chi connectivity index (χ2n) is 10.7. The number of carbonyl (C=O) groups excluding carboxylic acids is 4. The molecule has 9 heteroatoms. The van der Waals surface area contributed by atoms with Crippen LogP contribution >= 0.6 is 0 Å². The molecule has 0 aliphatic carbocycles. The number of amides is 3. The number of benzene rings is 3. The Morgan fingerprint density at radius 3 is 2.27 bits per heavy atom. The summed E-state index contributed by atoms with van der Waals surface area (Å²) in [5.74, 6) is -2.24. The van der Waals surface area contributed by atoms with Crippen LogP contribution < -0.4 is 16.4 Å². The van der Waals surface area contributed by atoms with Crippen LogP contribution in [-0.4, -0.2) is 59.4 Å². The molecule has 0 heterocycles. The molecular formula is C32H37N5O4. The van der Waals surface area contributed by atoms with Gasteiger partial charge in [0.2, 0.25) is 17.7 Å². The van der Waals surface area contributed by atoms with Crippen LogP contribution in [0.2, 0.25) is 0 Å². The molecule has 214 valence electrons. The van der Waals surface area contributed by atoms with Crippen molar-refractivity contribution in [1.82, 2.24) is 15.5 Å². The summed E-state index contributed by atoms with van der Waals surface area (Å²) in [5.41, 5.74) is 7.13. The molecule has 3 aromatic carbocycles. The van der Waals surface area contributed by atoms with E-state index >= 15 is 0 Å². The van der Waals surface area contributed by atoms with E-state index in [0.717, 1.165) is 21.9 Å². The van der Waals surface area contributed by atoms with Crippen LogP contribution in [0.15, 0.2) is 84.9 Å². The lowest BCUT2D eigenvalue weighted by atomic mass is 9.99. The Balaban J connectivity index is 1.91. The van der Waals surface area contributed by atoms with Gasteiger partial charge in [0.1, 0.15) is 12.1 Å². The maximum absolute atomic E-state index is 13.9. The number of nitrogens with one attached hydrogen (secondary N) is 3. The largest absolute Gasteiger partial charge is 0.340 e. The quantitative estimate of drug-likeness (QED) is 0.118. The molecule has 0 fully saturated rings. The monoisotopic (exact) mass is 555 g/mol. The number of likely N-dealkylation sites (N-methyl/N-ethyl adjacent to an activating group) is 1. The van der Waals surface area contributed by atoms with Gasteiger partial charge in [0.05, 0.1) is 0 Å². The maximum Gasteiger partial charge on any atom is 0.248 e. The first-order valence-corrected chi connectivity index (χ1v) is 13.4. The van der Waals surface area contributed by atoms with Crippen molar-refractivity contribution >= 4 is 40.6 Å². The Kier molecular flexibility index (Phi) is 10.7. The third-order valence-electron chi connectivity index (χ3n) is 6.55. The van der Waals surface area contributed by atoms with Crippen LogP contribution in [0.4, 0.5) is 0 Å². The summed E-state index contributed by atoms with van der Waals surface area (Å²) < 4.78 is 0. The molecule has 3 amide bonds. The topological polar surface area (TPSA) is 145 Å². The van der Waals surface area contributed by atoms with Crippen LogP contribution in [0.25, 0.3) is 10.8 Å². The predicted molar refractivity (Wildman–Crippen MR) is 160 cm³/mol. The number of rotatable bonds is 12. The second-order valence-corrected chi connectivity index (χ2v) is 10.7. The Morgan fingerprint density at radius 1 is 0.951 bits per heavy atom. The second kappa shape index (κ2) is 14.1. The van der Waals surface area contributed by atoms with Gasteiger partial charge in [-0.05, 0) is 48.2 Å². The third kappa shape index (κ3) is 9.51. The molecule has 5 N–H and O–H groups in total.